The Bertz CT molecular complexity index is 1900. The van der Waals surface area contributed by atoms with Gasteiger partial charge < -0.3 is 15.0 Å². The zero-order chi connectivity index (χ0) is 38.8. The third-order valence-corrected chi connectivity index (χ3v) is 9.79. The first-order valence-corrected chi connectivity index (χ1v) is 17.2. The van der Waals surface area contributed by atoms with Crippen molar-refractivity contribution >= 4 is 11.9 Å². The van der Waals surface area contributed by atoms with Gasteiger partial charge in [-0.25, -0.2) is 13.2 Å². The topological polar surface area (TPSA) is 91.6 Å². The molecule has 2 aromatic carbocycles. The number of carboxylic acid groups (broad SMARTS) is 1. The van der Waals surface area contributed by atoms with Gasteiger partial charge in [0.25, 0.3) is 5.56 Å². The Morgan fingerprint density at radius 1 is 0.906 bits per heavy atom. The monoisotopic (exact) mass is 759 g/mol. The van der Waals surface area contributed by atoms with Gasteiger partial charge in [-0.3, -0.25) is 19.3 Å². The summed E-state index contributed by atoms with van der Waals surface area (Å²) < 4.78 is 130. The smallest absolute Gasteiger partial charge is 0.419 e. The standard InChI is InChI=1S/C37H38F9N3O4/c1-20-11-24(38)12-21-7-5-3-2-4-6-8-30(49-17-22(9-10-48-18-25(39)19-48)27(15-31(49)50)36(41,42)43)35(53)47-29(16-32(51)52)26-13-23(33(20)21)14-28(34(26)40)37(44,45)46/h11-15,17,25,29-30H,2-10,16,18-19H2,1H3,(H,47,53)(H,51,52)/t29-,30-/m0/s1. The third-order valence-electron chi connectivity index (χ3n) is 9.79. The van der Waals surface area contributed by atoms with Crippen LogP contribution in [0.3, 0.4) is 0 Å². The van der Waals surface area contributed by atoms with E-state index in [1.54, 1.807) is 4.90 Å². The Kier molecular flexibility index (Phi) is 12.0. The van der Waals surface area contributed by atoms with Crippen LogP contribution in [0.2, 0.25) is 0 Å². The van der Waals surface area contributed by atoms with Crippen molar-refractivity contribution in [1.29, 1.82) is 0 Å². The zero-order valence-corrected chi connectivity index (χ0v) is 28.6. The maximum absolute atomic E-state index is 15.9. The molecule has 0 aliphatic carbocycles. The minimum absolute atomic E-state index is 0.0195. The third kappa shape index (κ3) is 9.43. The van der Waals surface area contributed by atoms with Crippen LogP contribution in [0.1, 0.15) is 90.4 Å². The zero-order valence-electron chi connectivity index (χ0n) is 28.6. The molecule has 1 saturated heterocycles. The first-order chi connectivity index (χ1) is 24.8. The van der Waals surface area contributed by atoms with E-state index in [0.717, 1.165) is 22.9 Å². The second-order valence-corrected chi connectivity index (χ2v) is 13.7. The van der Waals surface area contributed by atoms with Crippen LogP contribution < -0.4 is 10.9 Å². The van der Waals surface area contributed by atoms with E-state index >= 15 is 4.39 Å². The van der Waals surface area contributed by atoms with Crippen LogP contribution in [0.25, 0.3) is 11.1 Å². The molecular formula is C37H38F9N3O4. The normalized spacial score (nSPS) is 19.7. The van der Waals surface area contributed by atoms with Gasteiger partial charge in [-0.2, -0.15) is 26.3 Å². The Hall–Kier alpha value is -4.34. The lowest BCUT2D eigenvalue weighted by Crippen LogP contribution is -2.49. The minimum Gasteiger partial charge on any atom is -0.481 e. The molecule has 53 heavy (non-hydrogen) atoms. The number of aliphatic carboxylic acids is 1. The first-order valence-electron chi connectivity index (χ1n) is 17.2. The number of halogens is 9. The highest BCUT2D eigenvalue weighted by Gasteiger charge is 2.39. The number of benzene rings is 2. The predicted molar refractivity (Wildman–Crippen MR) is 176 cm³/mol. The molecule has 2 atom stereocenters. The summed E-state index contributed by atoms with van der Waals surface area (Å²) in [5, 5.41) is 12.1. The number of nitrogens with zero attached hydrogens (tertiary/aromatic N) is 2. The molecule has 3 aromatic rings. The molecule has 1 aromatic heterocycles. The summed E-state index contributed by atoms with van der Waals surface area (Å²) in [5.74, 6) is -5.25. The lowest BCUT2D eigenvalue weighted by atomic mass is 9.87. The van der Waals surface area contributed by atoms with Gasteiger partial charge in [-0.05, 0) is 84.7 Å². The van der Waals surface area contributed by atoms with Gasteiger partial charge >= 0.3 is 18.3 Å². The quantitative estimate of drug-likeness (QED) is 0.248. The van der Waals surface area contributed by atoms with Crippen molar-refractivity contribution in [2.24, 2.45) is 0 Å². The number of hydrogen-bond acceptors (Lipinski definition) is 4. The van der Waals surface area contributed by atoms with Gasteiger partial charge in [0, 0.05) is 37.5 Å². The van der Waals surface area contributed by atoms with E-state index in [0.29, 0.717) is 43.4 Å². The van der Waals surface area contributed by atoms with Crippen LogP contribution in [0.15, 0.2) is 41.3 Å². The summed E-state index contributed by atoms with van der Waals surface area (Å²) in [6.07, 6.45) is -9.37. The number of alkyl halides is 7. The molecule has 3 heterocycles. The van der Waals surface area contributed by atoms with Crippen LogP contribution >= 0.6 is 0 Å². The average Bonchev–Trinajstić information content (AvgIpc) is 3.02. The number of carboxylic acids is 1. The molecule has 2 N–H and O–H groups in total. The van der Waals surface area contributed by atoms with Crippen LogP contribution in [-0.2, 0) is 34.8 Å². The molecule has 288 valence electrons. The lowest BCUT2D eigenvalue weighted by Gasteiger charge is -2.34. The Balaban J connectivity index is 1.64. The highest BCUT2D eigenvalue weighted by molar-refractivity contribution is 5.82. The second-order valence-electron chi connectivity index (χ2n) is 13.7. The highest BCUT2D eigenvalue weighted by atomic mass is 19.4. The SMILES string of the molecule is Cc1cc(F)cc2c1-c1cc(c(F)c(C(F)(F)F)c1)[C@H](CC(=O)O)NC(=O)[C@@H](n1cc(CCN3CC(F)C3)c(C(F)(F)F)cc1=O)CCCCCCC2. The first kappa shape index (κ1) is 39.9. The van der Waals surface area contributed by atoms with E-state index in [4.69, 9.17) is 0 Å². The number of aryl methyl sites for hydroxylation is 2. The van der Waals surface area contributed by atoms with Crippen molar-refractivity contribution in [1.82, 2.24) is 14.8 Å². The maximum Gasteiger partial charge on any atom is 0.419 e. The van der Waals surface area contributed by atoms with Gasteiger partial charge in [0.05, 0.1) is 23.6 Å². The molecule has 0 spiro atoms. The molecule has 7 nitrogen and oxygen atoms in total. The number of rotatable bonds is 6. The van der Waals surface area contributed by atoms with Gasteiger partial charge in [-0.15, -0.1) is 0 Å². The van der Waals surface area contributed by atoms with E-state index in [-0.39, 0.29) is 67.6 Å². The molecule has 1 amide bonds. The Labute approximate surface area is 298 Å². The fraction of sp³-hybridized carbons (Fsp3) is 0.486. The van der Waals surface area contributed by atoms with Crippen molar-refractivity contribution in [3.8, 4) is 11.1 Å². The molecule has 2 aliphatic heterocycles. The number of likely N-dealkylation sites (tertiary alicyclic amines) is 1. The highest BCUT2D eigenvalue weighted by Crippen LogP contribution is 2.41. The van der Waals surface area contributed by atoms with Gasteiger partial charge in [-0.1, -0.05) is 25.7 Å². The summed E-state index contributed by atoms with van der Waals surface area (Å²) in [6, 6.07) is 0.642. The van der Waals surface area contributed by atoms with Crippen LogP contribution in [0, 0.1) is 18.6 Å². The van der Waals surface area contributed by atoms with E-state index in [2.05, 4.69) is 5.32 Å². The summed E-state index contributed by atoms with van der Waals surface area (Å²) in [7, 11) is 0. The molecule has 0 radical (unpaired) electrons. The van der Waals surface area contributed by atoms with Gasteiger partial charge in [0.2, 0.25) is 5.91 Å². The van der Waals surface area contributed by atoms with Crippen molar-refractivity contribution in [3.05, 3.63) is 91.9 Å². The number of fused-ring (bicyclic) bond motifs is 4. The summed E-state index contributed by atoms with van der Waals surface area (Å²) in [4.78, 5) is 41.0. The summed E-state index contributed by atoms with van der Waals surface area (Å²) in [5.41, 5.74) is -4.84. The molecule has 16 heteroatoms. The molecule has 0 saturated carbocycles. The van der Waals surface area contributed by atoms with Crippen molar-refractivity contribution < 1.29 is 54.2 Å². The lowest BCUT2D eigenvalue weighted by molar-refractivity contribution is -0.140. The van der Waals surface area contributed by atoms with E-state index in [9.17, 15) is 54.6 Å². The number of hydrogen-bond donors (Lipinski definition) is 2. The molecule has 2 bridgehead atoms. The van der Waals surface area contributed by atoms with Crippen LogP contribution in [-0.4, -0.2) is 52.3 Å². The molecule has 1 fully saturated rings. The van der Waals surface area contributed by atoms with Crippen LogP contribution in [0.4, 0.5) is 39.5 Å². The van der Waals surface area contributed by atoms with E-state index < -0.39 is 82.8 Å². The van der Waals surface area contributed by atoms with Crippen LogP contribution in [0.5, 0.6) is 0 Å². The molecule has 5 rings (SSSR count). The largest absolute Gasteiger partial charge is 0.481 e. The second kappa shape index (κ2) is 15.9. The minimum atomic E-state index is -5.28. The fourth-order valence-electron chi connectivity index (χ4n) is 7.20. The number of carbonyl (C=O) groups excluding carboxylic acids is 1. The van der Waals surface area contributed by atoms with Crippen molar-refractivity contribution in [3.63, 3.8) is 0 Å². The molecule has 0 unspecified atom stereocenters. The number of pyridine rings is 1. The van der Waals surface area contributed by atoms with Crippen molar-refractivity contribution in [2.75, 3.05) is 19.6 Å². The molecule has 2 aliphatic rings. The Morgan fingerprint density at radius 2 is 1.57 bits per heavy atom. The predicted octanol–water partition coefficient (Wildman–Crippen LogP) is 8.11. The number of nitrogens with one attached hydrogen (secondary N) is 1. The molecular weight excluding hydrogens is 721 g/mol. The summed E-state index contributed by atoms with van der Waals surface area (Å²) in [6.45, 7) is 1.53. The fourth-order valence-corrected chi connectivity index (χ4v) is 7.20. The van der Waals surface area contributed by atoms with Crippen molar-refractivity contribution in [2.45, 2.75) is 95.3 Å². The van der Waals surface area contributed by atoms with E-state index in [1.165, 1.54) is 13.0 Å². The number of amides is 1. The Morgan fingerprint density at radius 3 is 2.21 bits per heavy atom. The maximum atomic E-state index is 15.9. The van der Waals surface area contributed by atoms with E-state index in [1.807, 2.05) is 0 Å². The number of carbonyl (C=O) groups is 2. The van der Waals surface area contributed by atoms with Gasteiger partial charge in [0.15, 0.2) is 0 Å². The average molecular weight is 760 g/mol. The summed E-state index contributed by atoms with van der Waals surface area (Å²) >= 11 is 0. The number of aromatic nitrogens is 1. The van der Waals surface area contributed by atoms with Gasteiger partial charge in [0.1, 0.15) is 23.8 Å².